The van der Waals surface area contributed by atoms with E-state index in [-0.39, 0.29) is 0 Å². The lowest BCUT2D eigenvalue weighted by molar-refractivity contribution is 0.174. The summed E-state index contributed by atoms with van der Waals surface area (Å²) in [7, 11) is 0. The van der Waals surface area contributed by atoms with Gasteiger partial charge in [0.1, 0.15) is 11.8 Å². The van der Waals surface area contributed by atoms with E-state index in [9.17, 15) is 5.11 Å². The lowest BCUT2D eigenvalue weighted by Crippen LogP contribution is -2.02. The highest BCUT2D eigenvalue weighted by Crippen LogP contribution is 2.22. The van der Waals surface area contributed by atoms with Crippen LogP contribution in [0.25, 0.3) is 5.65 Å². The van der Waals surface area contributed by atoms with Crippen molar-refractivity contribution in [1.29, 1.82) is 0 Å². The van der Waals surface area contributed by atoms with E-state index in [4.69, 9.17) is 11.6 Å². The Hall–Kier alpha value is -1.91. The van der Waals surface area contributed by atoms with Crippen LogP contribution in [0, 0.1) is 0 Å². The Kier molecular flexibility index (Phi) is 3.19. The molecular formula is C14H12ClN3O. The maximum absolute atomic E-state index is 10.2. The molecule has 4 nitrogen and oxygen atoms in total. The van der Waals surface area contributed by atoms with Crippen LogP contribution < -0.4 is 0 Å². The molecule has 0 aliphatic heterocycles. The van der Waals surface area contributed by atoms with Gasteiger partial charge in [-0.1, -0.05) is 17.7 Å². The van der Waals surface area contributed by atoms with Crippen LogP contribution in [0.3, 0.4) is 0 Å². The van der Waals surface area contributed by atoms with Crippen molar-refractivity contribution in [2.24, 2.45) is 0 Å². The average molecular weight is 274 g/mol. The Morgan fingerprint density at radius 2 is 2.21 bits per heavy atom. The van der Waals surface area contributed by atoms with E-state index in [0.717, 1.165) is 11.2 Å². The Labute approximate surface area is 115 Å². The maximum Gasteiger partial charge on any atom is 0.137 e. The standard InChI is InChI=1S/C14H12ClN3O/c15-11-8-16-5-4-10(11)7-13(19)12-9-18-6-2-1-3-14(18)17-12/h1-6,8-9,13,19H,7H2. The van der Waals surface area contributed by atoms with Gasteiger partial charge < -0.3 is 9.51 Å². The Morgan fingerprint density at radius 3 is 3.00 bits per heavy atom. The summed E-state index contributed by atoms with van der Waals surface area (Å²) in [4.78, 5) is 8.32. The molecule has 3 aromatic heterocycles. The van der Waals surface area contributed by atoms with Gasteiger partial charge in [0.05, 0.1) is 10.7 Å². The molecule has 0 aliphatic carbocycles. The third-order valence-electron chi connectivity index (χ3n) is 2.99. The van der Waals surface area contributed by atoms with Crippen molar-refractivity contribution in [2.45, 2.75) is 12.5 Å². The number of hydrogen-bond donors (Lipinski definition) is 1. The molecule has 0 amide bonds. The van der Waals surface area contributed by atoms with Gasteiger partial charge in [0.25, 0.3) is 0 Å². The van der Waals surface area contributed by atoms with Crippen LogP contribution in [0.2, 0.25) is 5.02 Å². The predicted molar refractivity (Wildman–Crippen MR) is 73.1 cm³/mol. The number of rotatable bonds is 3. The Morgan fingerprint density at radius 1 is 1.32 bits per heavy atom. The first-order valence-corrected chi connectivity index (χ1v) is 6.32. The van der Waals surface area contributed by atoms with Gasteiger partial charge in [-0.05, 0) is 23.8 Å². The molecule has 1 N–H and O–H groups in total. The molecule has 0 aromatic carbocycles. The minimum atomic E-state index is -0.681. The zero-order valence-corrected chi connectivity index (χ0v) is 10.8. The number of fused-ring (bicyclic) bond motifs is 1. The van der Waals surface area contributed by atoms with Gasteiger partial charge in [-0.2, -0.15) is 0 Å². The number of hydrogen-bond acceptors (Lipinski definition) is 3. The summed E-state index contributed by atoms with van der Waals surface area (Å²) >= 11 is 6.04. The SMILES string of the molecule is OC(Cc1ccncc1Cl)c1cn2ccccc2n1. The molecule has 0 saturated carbocycles. The minimum absolute atomic E-state index is 0.422. The fraction of sp³-hybridized carbons (Fsp3) is 0.143. The highest BCUT2D eigenvalue weighted by molar-refractivity contribution is 6.31. The summed E-state index contributed by atoms with van der Waals surface area (Å²) in [6, 6.07) is 7.54. The normalized spacial score (nSPS) is 12.7. The van der Waals surface area contributed by atoms with E-state index in [2.05, 4.69) is 9.97 Å². The van der Waals surface area contributed by atoms with E-state index in [1.807, 2.05) is 35.0 Å². The summed E-state index contributed by atoms with van der Waals surface area (Å²) in [5.41, 5.74) is 2.32. The van der Waals surface area contributed by atoms with Crippen molar-refractivity contribution in [1.82, 2.24) is 14.4 Å². The third-order valence-corrected chi connectivity index (χ3v) is 3.33. The van der Waals surface area contributed by atoms with Crippen molar-refractivity contribution < 1.29 is 5.11 Å². The molecule has 19 heavy (non-hydrogen) atoms. The molecule has 1 atom stereocenters. The lowest BCUT2D eigenvalue weighted by atomic mass is 10.1. The van der Waals surface area contributed by atoms with Crippen LogP contribution >= 0.6 is 11.6 Å². The van der Waals surface area contributed by atoms with Gasteiger partial charge in [0.15, 0.2) is 0 Å². The Balaban J connectivity index is 1.87. The van der Waals surface area contributed by atoms with Gasteiger partial charge in [0.2, 0.25) is 0 Å². The van der Waals surface area contributed by atoms with Crippen LogP contribution in [0.1, 0.15) is 17.4 Å². The molecule has 0 fully saturated rings. The third kappa shape index (κ3) is 2.45. The number of aliphatic hydroxyl groups is 1. The van der Waals surface area contributed by atoms with Gasteiger partial charge in [-0.3, -0.25) is 4.98 Å². The largest absolute Gasteiger partial charge is 0.386 e. The molecule has 0 spiro atoms. The quantitative estimate of drug-likeness (QED) is 0.798. The molecule has 3 rings (SSSR count). The zero-order valence-electron chi connectivity index (χ0n) is 10.1. The monoisotopic (exact) mass is 273 g/mol. The molecule has 1 unspecified atom stereocenters. The van der Waals surface area contributed by atoms with E-state index in [1.165, 1.54) is 0 Å². The number of imidazole rings is 1. The minimum Gasteiger partial charge on any atom is -0.386 e. The molecule has 96 valence electrons. The smallest absolute Gasteiger partial charge is 0.137 e. The van der Waals surface area contributed by atoms with E-state index >= 15 is 0 Å². The van der Waals surface area contributed by atoms with E-state index < -0.39 is 6.10 Å². The summed E-state index contributed by atoms with van der Waals surface area (Å²) in [5, 5.41) is 10.8. The van der Waals surface area contributed by atoms with Crippen LogP contribution in [-0.2, 0) is 6.42 Å². The molecule has 0 saturated heterocycles. The molecular weight excluding hydrogens is 262 g/mol. The summed E-state index contributed by atoms with van der Waals surface area (Å²) < 4.78 is 1.88. The summed E-state index contributed by atoms with van der Waals surface area (Å²) in [6.07, 6.45) is 6.71. The van der Waals surface area contributed by atoms with E-state index in [1.54, 1.807) is 18.5 Å². The van der Waals surface area contributed by atoms with Gasteiger partial charge in [0, 0.05) is 31.2 Å². The number of aliphatic hydroxyl groups excluding tert-OH is 1. The lowest BCUT2D eigenvalue weighted by Gasteiger charge is -2.08. The fourth-order valence-electron chi connectivity index (χ4n) is 2.00. The molecule has 0 bridgehead atoms. The molecule has 0 aliphatic rings. The number of aromatic nitrogens is 3. The Bertz CT molecular complexity index is 677. The van der Waals surface area contributed by atoms with Crippen LogP contribution in [0.15, 0.2) is 49.1 Å². The first kappa shape index (κ1) is 12.1. The number of halogens is 1. The van der Waals surface area contributed by atoms with Gasteiger partial charge >= 0.3 is 0 Å². The predicted octanol–water partition coefficient (Wildman–Crippen LogP) is 2.66. The second-order valence-corrected chi connectivity index (χ2v) is 4.73. The second-order valence-electron chi connectivity index (χ2n) is 4.32. The fourth-order valence-corrected chi connectivity index (χ4v) is 2.19. The number of pyridine rings is 2. The van der Waals surface area contributed by atoms with Crippen molar-refractivity contribution in [3.05, 3.63) is 65.3 Å². The average Bonchev–Trinajstić information content (AvgIpc) is 2.85. The van der Waals surface area contributed by atoms with Gasteiger partial charge in [-0.15, -0.1) is 0 Å². The molecule has 0 radical (unpaired) electrons. The van der Waals surface area contributed by atoms with Crippen LogP contribution in [-0.4, -0.2) is 19.5 Å². The topological polar surface area (TPSA) is 50.4 Å². The van der Waals surface area contributed by atoms with Crippen LogP contribution in [0.4, 0.5) is 0 Å². The summed E-state index contributed by atoms with van der Waals surface area (Å²) in [5.74, 6) is 0. The first-order valence-electron chi connectivity index (χ1n) is 5.94. The van der Waals surface area contributed by atoms with Crippen LogP contribution in [0.5, 0.6) is 0 Å². The molecule has 5 heteroatoms. The first-order chi connectivity index (χ1) is 9.24. The maximum atomic E-state index is 10.2. The van der Waals surface area contributed by atoms with Crippen molar-refractivity contribution in [2.75, 3.05) is 0 Å². The zero-order chi connectivity index (χ0) is 13.2. The number of nitrogens with zero attached hydrogens (tertiary/aromatic N) is 3. The molecule has 3 aromatic rings. The van der Waals surface area contributed by atoms with Crippen molar-refractivity contribution >= 4 is 17.2 Å². The highest BCUT2D eigenvalue weighted by atomic mass is 35.5. The van der Waals surface area contributed by atoms with Crippen molar-refractivity contribution in [3.63, 3.8) is 0 Å². The molecule has 3 heterocycles. The highest BCUT2D eigenvalue weighted by Gasteiger charge is 2.14. The second kappa shape index (κ2) is 4.99. The van der Waals surface area contributed by atoms with Crippen molar-refractivity contribution in [3.8, 4) is 0 Å². The van der Waals surface area contributed by atoms with E-state index in [0.29, 0.717) is 17.1 Å². The summed E-state index contributed by atoms with van der Waals surface area (Å²) in [6.45, 7) is 0. The van der Waals surface area contributed by atoms with Gasteiger partial charge in [-0.25, -0.2) is 4.98 Å².